The normalized spacial score (nSPS) is 10.2. The van der Waals surface area contributed by atoms with Crippen LogP contribution in [0.5, 0.6) is 0 Å². The standard InChI is InChI=1S/C13H21N3O2/c1-5-6-7-8-16(3)12-11(13(17)18-4)9-14-10(2)15-12/h9H,5-8H2,1-4H3. The first kappa shape index (κ1) is 14.4. The van der Waals surface area contributed by atoms with Crippen molar-refractivity contribution in [3.05, 3.63) is 17.6 Å². The predicted molar refractivity (Wildman–Crippen MR) is 70.9 cm³/mol. The van der Waals surface area contributed by atoms with Crippen LogP contribution < -0.4 is 4.90 Å². The summed E-state index contributed by atoms with van der Waals surface area (Å²) < 4.78 is 4.75. The highest BCUT2D eigenvalue weighted by Crippen LogP contribution is 2.17. The number of nitrogens with zero attached hydrogens (tertiary/aromatic N) is 3. The molecule has 0 saturated carbocycles. The fraction of sp³-hybridized carbons (Fsp3) is 0.615. The molecule has 1 rings (SSSR count). The summed E-state index contributed by atoms with van der Waals surface area (Å²) in [6.45, 7) is 4.84. The van der Waals surface area contributed by atoms with Gasteiger partial charge in [0.15, 0.2) is 0 Å². The summed E-state index contributed by atoms with van der Waals surface area (Å²) in [5, 5.41) is 0. The third kappa shape index (κ3) is 3.68. The van der Waals surface area contributed by atoms with Crippen molar-refractivity contribution >= 4 is 11.8 Å². The van der Waals surface area contributed by atoms with Crippen LogP contribution in [0.1, 0.15) is 42.4 Å². The summed E-state index contributed by atoms with van der Waals surface area (Å²) >= 11 is 0. The number of rotatable bonds is 6. The van der Waals surface area contributed by atoms with Crippen LogP contribution >= 0.6 is 0 Å². The molecule has 0 amide bonds. The second-order valence-corrected chi connectivity index (χ2v) is 4.27. The molecule has 0 atom stereocenters. The second-order valence-electron chi connectivity index (χ2n) is 4.27. The number of unbranched alkanes of at least 4 members (excludes halogenated alkanes) is 2. The first-order chi connectivity index (χ1) is 8.60. The van der Waals surface area contributed by atoms with Gasteiger partial charge in [-0.25, -0.2) is 14.8 Å². The lowest BCUT2D eigenvalue weighted by Crippen LogP contribution is -2.23. The average molecular weight is 251 g/mol. The maximum Gasteiger partial charge on any atom is 0.343 e. The van der Waals surface area contributed by atoms with Crippen LogP contribution in [0, 0.1) is 6.92 Å². The fourth-order valence-electron chi connectivity index (χ4n) is 1.71. The molecule has 0 N–H and O–H groups in total. The smallest absolute Gasteiger partial charge is 0.343 e. The first-order valence-electron chi connectivity index (χ1n) is 6.23. The van der Waals surface area contributed by atoms with Crippen LogP contribution in [-0.4, -0.2) is 36.6 Å². The van der Waals surface area contributed by atoms with Gasteiger partial charge in [-0.1, -0.05) is 19.8 Å². The molecule has 0 aliphatic carbocycles. The van der Waals surface area contributed by atoms with Crippen molar-refractivity contribution < 1.29 is 9.53 Å². The number of anilines is 1. The highest BCUT2D eigenvalue weighted by atomic mass is 16.5. The third-order valence-corrected chi connectivity index (χ3v) is 2.75. The van der Waals surface area contributed by atoms with Crippen molar-refractivity contribution in [2.45, 2.75) is 33.1 Å². The van der Waals surface area contributed by atoms with Gasteiger partial charge in [-0.15, -0.1) is 0 Å². The van der Waals surface area contributed by atoms with E-state index in [0.717, 1.165) is 13.0 Å². The summed E-state index contributed by atoms with van der Waals surface area (Å²) in [5.74, 6) is 0.901. The van der Waals surface area contributed by atoms with Gasteiger partial charge in [-0.3, -0.25) is 0 Å². The molecule has 1 heterocycles. The molecule has 0 aliphatic rings. The van der Waals surface area contributed by atoms with E-state index in [-0.39, 0.29) is 0 Å². The minimum atomic E-state index is -0.396. The van der Waals surface area contributed by atoms with Crippen LogP contribution in [0.15, 0.2) is 6.20 Å². The Hall–Kier alpha value is -1.65. The van der Waals surface area contributed by atoms with E-state index < -0.39 is 5.97 Å². The Labute approximate surface area is 108 Å². The van der Waals surface area contributed by atoms with Gasteiger partial charge in [0.05, 0.1) is 7.11 Å². The van der Waals surface area contributed by atoms with Gasteiger partial charge in [0.2, 0.25) is 0 Å². The molecular formula is C13H21N3O2. The summed E-state index contributed by atoms with van der Waals surface area (Å²) in [6.07, 6.45) is 4.94. The van der Waals surface area contributed by atoms with Crippen molar-refractivity contribution in [3.8, 4) is 0 Å². The quantitative estimate of drug-likeness (QED) is 0.573. The van der Waals surface area contributed by atoms with Gasteiger partial charge in [0.25, 0.3) is 0 Å². The molecule has 0 unspecified atom stereocenters. The zero-order valence-corrected chi connectivity index (χ0v) is 11.6. The lowest BCUT2D eigenvalue weighted by Gasteiger charge is -2.20. The summed E-state index contributed by atoms with van der Waals surface area (Å²) in [6, 6.07) is 0. The van der Waals surface area contributed by atoms with E-state index in [2.05, 4.69) is 16.9 Å². The molecule has 100 valence electrons. The zero-order chi connectivity index (χ0) is 13.5. The van der Waals surface area contributed by atoms with Crippen LogP contribution in [0.3, 0.4) is 0 Å². The van der Waals surface area contributed by atoms with E-state index in [1.54, 1.807) is 0 Å². The molecule has 0 radical (unpaired) electrons. The van der Waals surface area contributed by atoms with Crippen molar-refractivity contribution in [1.82, 2.24) is 9.97 Å². The number of methoxy groups -OCH3 is 1. The van der Waals surface area contributed by atoms with Gasteiger partial charge in [0, 0.05) is 19.8 Å². The zero-order valence-electron chi connectivity index (χ0n) is 11.6. The second kappa shape index (κ2) is 6.93. The molecule has 5 heteroatoms. The fourth-order valence-corrected chi connectivity index (χ4v) is 1.71. The van der Waals surface area contributed by atoms with Crippen LogP contribution in [0.4, 0.5) is 5.82 Å². The summed E-state index contributed by atoms with van der Waals surface area (Å²) in [5.41, 5.74) is 0.419. The molecule has 1 aromatic rings. The predicted octanol–water partition coefficient (Wildman–Crippen LogP) is 2.20. The first-order valence-corrected chi connectivity index (χ1v) is 6.23. The van der Waals surface area contributed by atoms with Crippen molar-refractivity contribution in [2.24, 2.45) is 0 Å². The van der Waals surface area contributed by atoms with E-state index in [4.69, 9.17) is 4.74 Å². The number of hydrogen-bond donors (Lipinski definition) is 0. The van der Waals surface area contributed by atoms with Gasteiger partial charge in [-0.05, 0) is 13.3 Å². The number of carbonyl (C=O) groups excluding carboxylic acids is 1. The number of esters is 1. The average Bonchev–Trinajstić information content (AvgIpc) is 2.38. The maximum absolute atomic E-state index is 11.7. The highest BCUT2D eigenvalue weighted by Gasteiger charge is 2.17. The van der Waals surface area contributed by atoms with Crippen molar-refractivity contribution in [3.63, 3.8) is 0 Å². The van der Waals surface area contributed by atoms with Crippen LogP contribution in [0.2, 0.25) is 0 Å². The van der Waals surface area contributed by atoms with Gasteiger partial charge >= 0.3 is 5.97 Å². The Morgan fingerprint density at radius 2 is 2.17 bits per heavy atom. The molecule has 0 aromatic carbocycles. The van der Waals surface area contributed by atoms with Gasteiger partial charge in [-0.2, -0.15) is 0 Å². The molecule has 0 saturated heterocycles. The molecule has 18 heavy (non-hydrogen) atoms. The largest absolute Gasteiger partial charge is 0.465 e. The van der Waals surface area contributed by atoms with Gasteiger partial charge in [0.1, 0.15) is 17.2 Å². The minimum absolute atomic E-state index is 0.396. The topological polar surface area (TPSA) is 55.3 Å². The molecule has 0 fully saturated rings. The maximum atomic E-state index is 11.7. The summed E-state index contributed by atoms with van der Waals surface area (Å²) in [7, 11) is 3.30. The molecular weight excluding hydrogens is 230 g/mol. The van der Waals surface area contributed by atoms with E-state index in [1.807, 2.05) is 18.9 Å². The lowest BCUT2D eigenvalue weighted by molar-refractivity contribution is 0.0600. The third-order valence-electron chi connectivity index (χ3n) is 2.75. The Morgan fingerprint density at radius 1 is 1.44 bits per heavy atom. The molecule has 5 nitrogen and oxygen atoms in total. The van der Waals surface area contributed by atoms with Crippen molar-refractivity contribution in [2.75, 3.05) is 25.6 Å². The van der Waals surface area contributed by atoms with E-state index in [1.165, 1.54) is 26.1 Å². The summed E-state index contributed by atoms with van der Waals surface area (Å²) in [4.78, 5) is 22.0. The molecule has 0 bridgehead atoms. The molecule has 1 aromatic heterocycles. The van der Waals surface area contributed by atoms with E-state index in [0.29, 0.717) is 17.2 Å². The molecule has 0 aliphatic heterocycles. The van der Waals surface area contributed by atoms with Crippen LogP contribution in [0.25, 0.3) is 0 Å². The Morgan fingerprint density at radius 3 is 2.78 bits per heavy atom. The van der Waals surface area contributed by atoms with Crippen molar-refractivity contribution in [1.29, 1.82) is 0 Å². The Balaban J connectivity index is 2.90. The Bertz CT molecular complexity index is 407. The van der Waals surface area contributed by atoms with E-state index >= 15 is 0 Å². The number of carbonyl (C=O) groups is 1. The Kier molecular flexibility index (Phi) is 5.55. The molecule has 0 spiro atoms. The number of aromatic nitrogens is 2. The van der Waals surface area contributed by atoms with Crippen LogP contribution in [-0.2, 0) is 4.74 Å². The number of hydrogen-bond acceptors (Lipinski definition) is 5. The number of aryl methyl sites for hydroxylation is 1. The lowest BCUT2D eigenvalue weighted by atomic mass is 10.2. The number of ether oxygens (including phenoxy) is 1. The SMILES string of the molecule is CCCCCN(C)c1nc(C)ncc1C(=O)OC. The highest BCUT2D eigenvalue weighted by molar-refractivity contribution is 5.94. The van der Waals surface area contributed by atoms with Gasteiger partial charge < -0.3 is 9.64 Å². The van der Waals surface area contributed by atoms with E-state index in [9.17, 15) is 4.79 Å². The minimum Gasteiger partial charge on any atom is -0.465 e. The monoisotopic (exact) mass is 251 g/mol.